The number of amides is 2. The summed E-state index contributed by atoms with van der Waals surface area (Å²) >= 11 is 2.72. The molecular formula is C15H17FN2O2S2. The number of benzene rings is 1. The van der Waals surface area contributed by atoms with Gasteiger partial charge in [-0.25, -0.2) is 9.18 Å². The number of nitrogens with one attached hydrogen (secondary N) is 2. The fraction of sp³-hybridized carbons (Fsp3) is 0.267. The highest BCUT2D eigenvalue weighted by Gasteiger charge is 2.24. The zero-order valence-corrected chi connectivity index (χ0v) is 13.9. The van der Waals surface area contributed by atoms with Crippen molar-refractivity contribution in [3.8, 4) is 0 Å². The van der Waals surface area contributed by atoms with Crippen LogP contribution in [0.15, 0.2) is 40.6 Å². The molecule has 0 aliphatic heterocycles. The Balaban J connectivity index is 1.92. The van der Waals surface area contributed by atoms with Gasteiger partial charge in [-0.1, -0.05) is 6.07 Å². The number of rotatable bonds is 5. The Morgan fingerprint density at radius 1 is 1.45 bits per heavy atom. The van der Waals surface area contributed by atoms with Gasteiger partial charge in [0.2, 0.25) is 0 Å². The van der Waals surface area contributed by atoms with Crippen molar-refractivity contribution in [2.24, 2.45) is 0 Å². The van der Waals surface area contributed by atoms with Gasteiger partial charge in [0.05, 0.1) is 6.54 Å². The van der Waals surface area contributed by atoms with E-state index in [-0.39, 0.29) is 12.4 Å². The van der Waals surface area contributed by atoms with Gasteiger partial charge in [-0.05, 0) is 42.8 Å². The van der Waals surface area contributed by atoms with Crippen molar-refractivity contribution in [1.29, 1.82) is 0 Å². The molecule has 0 radical (unpaired) electrons. The predicted molar refractivity (Wildman–Crippen MR) is 89.1 cm³/mol. The van der Waals surface area contributed by atoms with Crippen LogP contribution in [0.1, 0.15) is 11.8 Å². The lowest BCUT2D eigenvalue weighted by atomic mass is 10.1. The van der Waals surface area contributed by atoms with Crippen molar-refractivity contribution in [3.05, 3.63) is 46.4 Å². The minimum atomic E-state index is -1.14. The molecule has 1 unspecified atom stereocenters. The Kier molecular flexibility index (Phi) is 5.44. The molecule has 0 aliphatic carbocycles. The second-order valence-corrected chi connectivity index (χ2v) is 6.70. The maximum atomic E-state index is 13.6. The number of thioether (sulfide) groups is 1. The first-order valence-electron chi connectivity index (χ1n) is 6.57. The molecule has 4 nitrogen and oxygen atoms in total. The number of hydrogen-bond acceptors (Lipinski definition) is 4. The molecular weight excluding hydrogens is 323 g/mol. The van der Waals surface area contributed by atoms with Crippen LogP contribution in [-0.4, -0.2) is 23.9 Å². The first kappa shape index (κ1) is 16.8. The second kappa shape index (κ2) is 7.13. The van der Waals surface area contributed by atoms with E-state index in [0.29, 0.717) is 10.6 Å². The van der Waals surface area contributed by atoms with Crippen molar-refractivity contribution in [3.63, 3.8) is 0 Å². The molecule has 7 heteroatoms. The van der Waals surface area contributed by atoms with Crippen LogP contribution in [0.25, 0.3) is 0 Å². The van der Waals surface area contributed by atoms with E-state index in [0.717, 1.165) is 4.88 Å². The zero-order chi connectivity index (χ0) is 16.2. The summed E-state index contributed by atoms with van der Waals surface area (Å²) in [5.41, 5.74) is -0.775. The third-order valence-corrected chi connectivity index (χ3v) is 4.95. The van der Waals surface area contributed by atoms with Gasteiger partial charge in [-0.15, -0.1) is 23.1 Å². The third-order valence-electron chi connectivity index (χ3n) is 3.05. The molecule has 0 fully saturated rings. The van der Waals surface area contributed by atoms with Gasteiger partial charge in [0.1, 0.15) is 11.4 Å². The Morgan fingerprint density at radius 2 is 2.23 bits per heavy atom. The summed E-state index contributed by atoms with van der Waals surface area (Å²) in [5.74, 6) is -0.379. The fourth-order valence-electron chi connectivity index (χ4n) is 1.84. The highest BCUT2D eigenvalue weighted by atomic mass is 32.2. The van der Waals surface area contributed by atoms with E-state index in [4.69, 9.17) is 0 Å². The lowest BCUT2D eigenvalue weighted by Crippen LogP contribution is -2.40. The quantitative estimate of drug-likeness (QED) is 0.728. The molecule has 0 aliphatic rings. The Hall–Kier alpha value is -1.57. The van der Waals surface area contributed by atoms with Crippen LogP contribution in [0.4, 0.5) is 14.9 Å². The first-order chi connectivity index (χ1) is 10.4. The van der Waals surface area contributed by atoms with E-state index < -0.39 is 11.6 Å². The van der Waals surface area contributed by atoms with Crippen LogP contribution < -0.4 is 10.6 Å². The molecule has 0 saturated heterocycles. The van der Waals surface area contributed by atoms with Gasteiger partial charge in [-0.2, -0.15) is 0 Å². The van der Waals surface area contributed by atoms with Crippen LogP contribution >= 0.6 is 23.1 Å². The predicted octanol–water partition coefficient (Wildman–Crippen LogP) is 3.64. The highest BCUT2D eigenvalue weighted by molar-refractivity contribution is 7.98. The smallest absolute Gasteiger partial charge is 0.319 e. The topological polar surface area (TPSA) is 61.4 Å². The van der Waals surface area contributed by atoms with Gasteiger partial charge in [0, 0.05) is 15.5 Å². The average molecular weight is 340 g/mol. The van der Waals surface area contributed by atoms with Gasteiger partial charge in [0.25, 0.3) is 0 Å². The van der Waals surface area contributed by atoms with Gasteiger partial charge in [-0.3, -0.25) is 0 Å². The maximum absolute atomic E-state index is 13.6. The molecule has 22 heavy (non-hydrogen) atoms. The number of carbonyl (C=O) groups excluding carboxylic acids is 1. The van der Waals surface area contributed by atoms with Crippen molar-refractivity contribution < 1.29 is 14.3 Å². The van der Waals surface area contributed by atoms with E-state index in [1.54, 1.807) is 31.4 Å². The summed E-state index contributed by atoms with van der Waals surface area (Å²) in [7, 11) is 0. The standard InChI is InChI=1S/C15H17FN2O2S2/c1-15(20,13-4-3-7-22-13)9-17-14(19)18-10-5-6-12(21-2)11(16)8-10/h3-8,20H,9H2,1-2H3,(H2,17,18,19). The van der Waals surface area contributed by atoms with Crippen molar-refractivity contribution >= 4 is 34.8 Å². The first-order valence-corrected chi connectivity index (χ1v) is 8.67. The van der Waals surface area contributed by atoms with Crippen molar-refractivity contribution in [2.45, 2.75) is 17.4 Å². The normalized spacial score (nSPS) is 13.5. The molecule has 118 valence electrons. The summed E-state index contributed by atoms with van der Waals surface area (Å²) in [6, 6.07) is 7.66. The summed E-state index contributed by atoms with van der Waals surface area (Å²) < 4.78 is 13.6. The molecule has 1 aromatic heterocycles. The summed E-state index contributed by atoms with van der Waals surface area (Å²) in [6.45, 7) is 1.69. The molecule has 2 aromatic rings. The molecule has 1 atom stereocenters. The van der Waals surface area contributed by atoms with E-state index >= 15 is 0 Å². The fourth-order valence-corrected chi connectivity index (χ4v) is 3.09. The molecule has 2 amide bonds. The number of thiophene rings is 1. The van der Waals surface area contributed by atoms with Crippen LogP contribution in [0, 0.1) is 5.82 Å². The molecule has 0 bridgehead atoms. The van der Waals surface area contributed by atoms with Crippen molar-refractivity contribution in [2.75, 3.05) is 18.1 Å². The van der Waals surface area contributed by atoms with Crippen LogP contribution in [0.5, 0.6) is 0 Å². The SMILES string of the molecule is CSc1ccc(NC(=O)NCC(C)(O)c2cccs2)cc1F. The molecule has 1 aromatic carbocycles. The molecule has 0 saturated carbocycles. The Bertz CT molecular complexity index is 645. The summed E-state index contributed by atoms with van der Waals surface area (Å²) in [4.78, 5) is 13.1. The lowest BCUT2D eigenvalue weighted by Gasteiger charge is -2.22. The number of aliphatic hydroxyl groups is 1. The van der Waals surface area contributed by atoms with E-state index in [1.807, 2.05) is 11.4 Å². The van der Waals surface area contributed by atoms with Crippen LogP contribution in [0.3, 0.4) is 0 Å². The Morgan fingerprint density at radius 3 is 2.82 bits per heavy atom. The number of urea groups is 1. The van der Waals surface area contributed by atoms with E-state index in [2.05, 4.69) is 10.6 Å². The number of anilines is 1. The highest BCUT2D eigenvalue weighted by Crippen LogP contribution is 2.25. The summed E-state index contributed by atoms with van der Waals surface area (Å²) in [5, 5.41) is 17.3. The minimum Gasteiger partial charge on any atom is -0.383 e. The van der Waals surface area contributed by atoms with Gasteiger partial charge in [0.15, 0.2) is 0 Å². The number of hydrogen-bond donors (Lipinski definition) is 3. The van der Waals surface area contributed by atoms with Crippen LogP contribution in [-0.2, 0) is 5.60 Å². The maximum Gasteiger partial charge on any atom is 0.319 e. The molecule has 2 rings (SSSR count). The van der Waals surface area contributed by atoms with E-state index in [9.17, 15) is 14.3 Å². The second-order valence-electron chi connectivity index (χ2n) is 4.91. The number of carbonyl (C=O) groups is 1. The van der Waals surface area contributed by atoms with E-state index in [1.165, 1.54) is 29.2 Å². The number of halogens is 1. The largest absolute Gasteiger partial charge is 0.383 e. The summed E-state index contributed by atoms with van der Waals surface area (Å²) in [6.07, 6.45) is 1.78. The zero-order valence-electron chi connectivity index (χ0n) is 12.2. The molecule has 0 spiro atoms. The van der Waals surface area contributed by atoms with Crippen molar-refractivity contribution in [1.82, 2.24) is 5.32 Å². The molecule has 1 heterocycles. The minimum absolute atomic E-state index is 0.0602. The Labute approximate surface area is 136 Å². The lowest BCUT2D eigenvalue weighted by molar-refractivity contribution is 0.0637. The van der Waals surface area contributed by atoms with Gasteiger partial charge < -0.3 is 15.7 Å². The van der Waals surface area contributed by atoms with Crippen LogP contribution in [0.2, 0.25) is 0 Å². The molecule has 3 N–H and O–H groups in total. The average Bonchev–Trinajstić information content (AvgIpc) is 3.00. The third kappa shape index (κ3) is 4.22. The van der Waals surface area contributed by atoms with Gasteiger partial charge >= 0.3 is 6.03 Å². The monoisotopic (exact) mass is 340 g/mol.